The summed E-state index contributed by atoms with van der Waals surface area (Å²) >= 11 is 0. The summed E-state index contributed by atoms with van der Waals surface area (Å²) < 4.78 is 32.5. The summed E-state index contributed by atoms with van der Waals surface area (Å²) in [6.07, 6.45) is 5.97. The van der Waals surface area contributed by atoms with Crippen LogP contribution in [0.25, 0.3) is 0 Å². The highest BCUT2D eigenvalue weighted by Crippen LogP contribution is 2.31. The molecule has 0 aromatic heterocycles. The van der Waals surface area contributed by atoms with Gasteiger partial charge in [0.2, 0.25) is 5.82 Å². The lowest BCUT2D eigenvalue weighted by atomic mass is 9.81. The lowest BCUT2D eigenvalue weighted by Crippen LogP contribution is -2.20. The van der Waals surface area contributed by atoms with Gasteiger partial charge in [-0.05, 0) is 43.2 Å². The maximum absolute atomic E-state index is 13.6. The van der Waals surface area contributed by atoms with Crippen LogP contribution in [0, 0.1) is 30.4 Å². The number of halogens is 2. The lowest BCUT2D eigenvalue weighted by Gasteiger charge is -2.27. The van der Waals surface area contributed by atoms with Gasteiger partial charge in [0.05, 0.1) is 6.61 Å². The van der Waals surface area contributed by atoms with Gasteiger partial charge < -0.3 is 4.74 Å². The van der Waals surface area contributed by atoms with Crippen LogP contribution < -0.4 is 4.74 Å². The predicted molar refractivity (Wildman–Crippen MR) is 72.3 cm³/mol. The van der Waals surface area contributed by atoms with E-state index in [-0.39, 0.29) is 5.75 Å². The van der Waals surface area contributed by atoms with Crippen molar-refractivity contribution in [1.29, 1.82) is 0 Å². The van der Waals surface area contributed by atoms with Gasteiger partial charge in [0.15, 0.2) is 11.6 Å². The first kappa shape index (κ1) is 14.3. The fraction of sp³-hybridized carbons (Fsp3) is 0.625. The molecule has 106 valence electrons. The second-order valence-electron chi connectivity index (χ2n) is 5.61. The molecule has 1 aliphatic carbocycles. The van der Waals surface area contributed by atoms with Gasteiger partial charge >= 0.3 is 0 Å². The molecule has 2 rings (SSSR count). The van der Waals surface area contributed by atoms with E-state index < -0.39 is 11.6 Å². The standard InChI is InChI=1S/C16H22F2O/c1-3-12-5-7-13(8-6-12)10-19-14-9-4-11(2)15(17)16(14)18/h4,9,12-13H,3,5-8,10H2,1-2H3. The third kappa shape index (κ3) is 3.46. The first-order chi connectivity index (χ1) is 9.11. The fourth-order valence-corrected chi connectivity index (χ4v) is 2.75. The van der Waals surface area contributed by atoms with Crippen molar-refractivity contribution in [3.63, 3.8) is 0 Å². The quantitative estimate of drug-likeness (QED) is 0.757. The smallest absolute Gasteiger partial charge is 0.200 e. The molecule has 0 atom stereocenters. The average molecular weight is 268 g/mol. The summed E-state index contributed by atoms with van der Waals surface area (Å²) in [7, 11) is 0. The minimum absolute atomic E-state index is 0.0423. The Morgan fingerprint density at radius 1 is 1.05 bits per heavy atom. The minimum Gasteiger partial charge on any atom is -0.490 e. The van der Waals surface area contributed by atoms with Crippen LogP contribution in [-0.2, 0) is 0 Å². The number of aryl methyl sites for hydroxylation is 1. The van der Waals surface area contributed by atoms with Crippen molar-refractivity contribution in [2.45, 2.75) is 46.0 Å². The van der Waals surface area contributed by atoms with Crippen molar-refractivity contribution in [2.24, 2.45) is 11.8 Å². The molecule has 1 aliphatic rings. The number of benzene rings is 1. The molecule has 1 aromatic rings. The molecule has 0 radical (unpaired) electrons. The highest BCUT2D eigenvalue weighted by atomic mass is 19.2. The molecule has 0 amide bonds. The first-order valence-corrected chi connectivity index (χ1v) is 7.19. The molecular weight excluding hydrogens is 246 g/mol. The Morgan fingerprint density at radius 3 is 2.32 bits per heavy atom. The Bertz CT molecular complexity index is 423. The Hall–Kier alpha value is -1.12. The highest BCUT2D eigenvalue weighted by Gasteiger charge is 2.21. The number of ether oxygens (including phenoxy) is 1. The Kier molecular flexibility index (Phi) is 4.78. The zero-order valence-electron chi connectivity index (χ0n) is 11.7. The van der Waals surface area contributed by atoms with Gasteiger partial charge in [-0.15, -0.1) is 0 Å². The number of rotatable bonds is 4. The molecule has 0 heterocycles. The fourth-order valence-electron chi connectivity index (χ4n) is 2.75. The molecule has 0 saturated heterocycles. The normalized spacial score (nSPS) is 23.4. The molecule has 1 nitrogen and oxygen atoms in total. The second kappa shape index (κ2) is 6.36. The van der Waals surface area contributed by atoms with Crippen LogP contribution in [0.3, 0.4) is 0 Å². The molecule has 1 saturated carbocycles. The molecule has 0 spiro atoms. The van der Waals surface area contributed by atoms with E-state index in [1.165, 1.54) is 25.3 Å². The van der Waals surface area contributed by atoms with Gasteiger partial charge in [-0.3, -0.25) is 0 Å². The van der Waals surface area contributed by atoms with Crippen molar-refractivity contribution in [1.82, 2.24) is 0 Å². The number of hydrogen-bond acceptors (Lipinski definition) is 1. The Morgan fingerprint density at radius 2 is 1.68 bits per heavy atom. The SMILES string of the molecule is CCC1CCC(COc2ccc(C)c(F)c2F)CC1. The summed E-state index contributed by atoms with van der Waals surface area (Å²) in [4.78, 5) is 0. The summed E-state index contributed by atoms with van der Waals surface area (Å²) in [5.41, 5.74) is 0.313. The molecular formula is C16H22F2O. The third-order valence-electron chi connectivity index (χ3n) is 4.26. The van der Waals surface area contributed by atoms with Crippen molar-refractivity contribution >= 4 is 0 Å². The van der Waals surface area contributed by atoms with E-state index in [1.54, 1.807) is 13.0 Å². The largest absolute Gasteiger partial charge is 0.490 e. The van der Waals surface area contributed by atoms with E-state index in [9.17, 15) is 8.78 Å². The topological polar surface area (TPSA) is 9.23 Å². The molecule has 0 N–H and O–H groups in total. The summed E-state index contributed by atoms with van der Waals surface area (Å²) in [6, 6.07) is 3.08. The van der Waals surface area contributed by atoms with Crippen LogP contribution in [0.5, 0.6) is 5.75 Å². The Balaban J connectivity index is 1.88. The third-order valence-corrected chi connectivity index (χ3v) is 4.26. The highest BCUT2D eigenvalue weighted by molar-refractivity contribution is 5.30. The Labute approximate surface area is 114 Å². The average Bonchev–Trinajstić information content (AvgIpc) is 2.45. The zero-order chi connectivity index (χ0) is 13.8. The van der Waals surface area contributed by atoms with E-state index in [0.717, 1.165) is 18.8 Å². The van der Waals surface area contributed by atoms with Crippen molar-refractivity contribution in [2.75, 3.05) is 6.61 Å². The van der Waals surface area contributed by atoms with Crippen molar-refractivity contribution < 1.29 is 13.5 Å². The van der Waals surface area contributed by atoms with Crippen LogP contribution in [-0.4, -0.2) is 6.61 Å². The van der Waals surface area contributed by atoms with E-state index in [4.69, 9.17) is 4.74 Å². The summed E-state index contributed by atoms with van der Waals surface area (Å²) in [5.74, 6) is -0.300. The molecule has 0 aliphatic heterocycles. The van der Waals surface area contributed by atoms with E-state index in [1.807, 2.05) is 0 Å². The zero-order valence-corrected chi connectivity index (χ0v) is 11.7. The van der Waals surface area contributed by atoms with Crippen LogP contribution in [0.15, 0.2) is 12.1 Å². The molecule has 1 fully saturated rings. The minimum atomic E-state index is -0.859. The van der Waals surface area contributed by atoms with Gasteiger partial charge in [0.25, 0.3) is 0 Å². The van der Waals surface area contributed by atoms with Crippen LogP contribution >= 0.6 is 0 Å². The lowest BCUT2D eigenvalue weighted by molar-refractivity contribution is 0.175. The second-order valence-corrected chi connectivity index (χ2v) is 5.61. The maximum atomic E-state index is 13.6. The summed E-state index contributed by atoms with van der Waals surface area (Å²) in [5, 5.41) is 0. The van der Waals surface area contributed by atoms with Crippen molar-refractivity contribution in [3.05, 3.63) is 29.3 Å². The van der Waals surface area contributed by atoms with E-state index >= 15 is 0 Å². The maximum Gasteiger partial charge on any atom is 0.200 e. The molecule has 3 heteroatoms. The van der Waals surface area contributed by atoms with Crippen LogP contribution in [0.1, 0.15) is 44.6 Å². The van der Waals surface area contributed by atoms with Gasteiger partial charge in [-0.25, -0.2) is 4.39 Å². The van der Waals surface area contributed by atoms with Gasteiger partial charge in [0, 0.05) is 0 Å². The van der Waals surface area contributed by atoms with Gasteiger partial charge in [-0.2, -0.15) is 4.39 Å². The monoisotopic (exact) mass is 268 g/mol. The molecule has 0 unspecified atom stereocenters. The summed E-state index contributed by atoms with van der Waals surface area (Å²) in [6.45, 7) is 4.27. The van der Waals surface area contributed by atoms with Crippen LogP contribution in [0.2, 0.25) is 0 Å². The molecule has 0 bridgehead atoms. The predicted octanol–water partition coefficient (Wildman–Crippen LogP) is 4.87. The van der Waals surface area contributed by atoms with Gasteiger partial charge in [0.1, 0.15) is 0 Å². The van der Waals surface area contributed by atoms with E-state index in [2.05, 4.69) is 6.92 Å². The van der Waals surface area contributed by atoms with E-state index in [0.29, 0.717) is 18.1 Å². The van der Waals surface area contributed by atoms with Crippen LogP contribution in [0.4, 0.5) is 8.78 Å². The van der Waals surface area contributed by atoms with Crippen molar-refractivity contribution in [3.8, 4) is 5.75 Å². The number of hydrogen-bond donors (Lipinski definition) is 0. The molecule has 19 heavy (non-hydrogen) atoms. The first-order valence-electron chi connectivity index (χ1n) is 7.19. The molecule has 1 aromatic carbocycles. The van der Waals surface area contributed by atoms with Gasteiger partial charge in [-0.1, -0.05) is 32.3 Å².